The number of nitrogens with one attached hydrogen (secondary N) is 1. The fourth-order valence-electron chi connectivity index (χ4n) is 2.90. The zero-order chi connectivity index (χ0) is 11.0. The van der Waals surface area contributed by atoms with Crippen LogP contribution in [-0.4, -0.2) is 35.4 Å². The first-order chi connectivity index (χ1) is 7.86. The van der Waals surface area contributed by atoms with E-state index in [2.05, 4.69) is 21.8 Å². The molecule has 3 unspecified atom stereocenters. The van der Waals surface area contributed by atoms with Crippen molar-refractivity contribution in [2.24, 2.45) is 0 Å². The second kappa shape index (κ2) is 4.18. The van der Waals surface area contributed by atoms with Crippen LogP contribution in [0, 0.1) is 0 Å². The van der Waals surface area contributed by atoms with Crippen molar-refractivity contribution in [1.82, 2.24) is 14.9 Å². The second-order valence-corrected chi connectivity index (χ2v) is 4.85. The number of rotatable bonds is 2. The van der Waals surface area contributed by atoms with Gasteiger partial charge >= 0.3 is 0 Å². The maximum atomic E-state index is 5.64. The van der Waals surface area contributed by atoms with Crippen LogP contribution in [0.15, 0.2) is 12.5 Å². The summed E-state index contributed by atoms with van der Waals surface area (Å²) in [6, 6.07) is 0.484. The molecule has 2 fully saturated rings. The van der Waals surface area contributed by atoms with Gasteiger partial charge in [0.25, 0.3) is 0 Å². The van der Waals surface area contributed by atoms with Gasteiger partial charge in [0.2, 0.25) is 0 Å². The molecule has 0 bridgehead atoms. The summed E-state index contributed by atoms with van der Waals surface area (Å²) >= 11 is 0. The van der Waals surface area contributed by atoms with Gasteiger partial charge in [-0.15, -0.1) is 0 Å². The van der Waals surface area contributed by atoms with E-state index in [1.54, 1.807) is 0 Å². The minimum Gasteiger partial charge on any atom is -0.376 e. The van der Waals surface area contributed by atoms with Crippen LogP contribution in [0.2, 0.25) is 0 Å². The zero-order valence-electron chi connectivity index (χ0n) is 9.72. The van der Waals surface area contributed by atoms with Gasteiger partial charge in [-0.2, -0.15) is 0 Å². The monoisotopic (exact) mass is 221 g/mol. The van der Waals surface area contributed by atoms with Gasteiger partial charge in [0.1, 0.15) is 0 Å². The number of hydrogen-bond acceptors (Lipinski definition) is 3. The summed E-state index contributed by atoms with van der Waals surface area (Å²) in [5, 5.41) is 3.42. The Hall–Kier alpha value is -0.870. The predicted molar refractivity (Wildman–Crippen MR) is 61.5 cm³/mol. The SMILES string of the molecule is CC1OCCC1n1cncc1C1CCNC1. The first-order valence-electron chi connectivity index (χ1n) is 6.20. The van der Waals surface area contributed by atoms with Crippen LogP contribution in [0.25, 0.3) is 0 Å². The third kappa shape index (κ3) is 1.66. The number of ether oxygens (including phenoxy) is 1. The molecule has 4 heteroatoms. The van der Waals surface area contributed by atoms with E-state index in [-0.39, 0.29) is 0 Å². The van der Waals surface area contributed by atoms with Gasteiger partial charge < -0.3 is 14.6 Å². The molecule has 16 heavy (non-hydrogen) atoms. The van der Waals surface area contributed by atoms with Crippen molar-refractivity contribution in [3.05, 3.63) is 18.2 Å². The molecule has 0 radical (unpaired) electrons. The van der Waals surface area contributed by atoms with E-state index in [0.717, 1.165) is 26.1 Å². The van der Waals surface area contributed by atoms with Gasteiger partial charge in [0, 0.05) is 31.0 Å². The highest BCUT2D eigenvalue weighted by Crippen LogP contribution is 2.31. The topological polar surface area (TPSA) is 39.1 Å². The van der Waals surface area contributed by atoms with Gasteiger partial charge in [-0.05, 0) is 26.3 Å². The van der Waals surface area contributed by atoms with Gasteiger partial charge in [-0.1, -0.05) is 0 Å². The van der Waals surface area contributed by atoms with E-state index in [0.29, 0.717) is 18.1 Å². The minimum atomic E-state index is 0.322. The highest BCUT2D eigenvalue weighted by molar-refractivity contribution is 5.11. The molecule has 0 amide bonds. The quantitative estimate of drug-likeness (QED) is 0.818. The van der Waals surface area contributed by atoms with Gasteiger partial charge in [-0.25, -0.2) is 4.98 Å². The Kier molecular flexibility index (Phi) is 2.69. The molecule has 0 aliphatic carbocycles. The lowest BCUT2D eigenvalue weighted by molar-refractivity contribution is 0.107. The normalized spacial score (nSPS) is 34.7. The molecule has 1 aromatic rings. The molecular formula is C12H19N3O. The first-order valence-corrected chi connectivity index (χ1v) is 6.20. The minimum absolute atomic E-state index is 0.322. The number of hydrogen-bond donors (Lipinski definition) is 1. The average Bonchev–Trinajstić information content (AvgIpc) is 2.95. The molecule has 88 valence electrons. The first kappa shape index (κ1) is 10.3. The summed E-state index contributed by atoms with van der Waals surface area (Å²) < 4.78 is 7.99. The van der Waals surface area contributed by atoms with Gasteiger partial charge in [0.05, 0.1) is 18.5 Å². The Labute approximate surface area is 96.0 Å². The predicted octanol–water partition coefficient (Wildman–Crippen LogP) is 1.31. The van der Waals surface area contributed by atoms with E-state index in [9.17, 15) is 0 Å². The van der Waals surface area contributed by atoms with Crippen molar-refractivity contribution in [2.75, 3.05) is 19.7 Å². The molecular weight excluding hydrogens is 202 g/mol. The smallest absolute Gasteiger partial charge is 0.0951 e. The van der Waals surface area contributed by atoms with E-state index in [1.165, 1.54) is 12.1 Å². The van der Waals surface area contributed by atoms with Crippen molar-refractivity contribution in [2.45, 2.75) is 37.8 Å². The number of imidazole rings is 1. The van der Waals surface area contributed by atoms with Crippen molar-refractivity contribution < 1.29 is 4.74 Å². The highest BCUT2D eigenvalue weighted by atomic mass is 16.5. The molecule has 0 saturated carbocycles. The lowest BCUT2D eigenvalue weighted by Crippen LogP contribution is -2.20. The van der Waals surface area contributed by atoms with Gasteiger partial charge in [-0.3, -0.25) is 0 Å². The van der Waals surface area contributed by atoms with E-state index < -0.39 is 0 Å². The summed E-state index contributed by atoms with van der Waals surface area (Å²) in [5.74, 6) is 0.635. The van der Waals surface area contributed by atoms with Crippen molar-refractivity contribution >= 4 is 0 Å². The standard InChI is InChI=1S/C12H19N3O/c1-9-11(3-5-16-9)15-8-14-7-12(15)10-2-4-13-6-10/h7-11,13H,2-6H2,1H3. The third-order valence-corrected chi connectivity index (χ3v) is 3.87. The molecule has 0 spiro atoms. The fraction of sp³-hybridized carbons (Fsp3) is 0.750. The average molecular weight is 221 g/mol. The summed E-state index contributed by atoms with van der Waals surface area (Å²) in [7, 11) is 0. The van der Waals surface area contributed by atoms with Crippen LogP contribution in [0.5, 0.6) is 0 Å². The summed E-state index contributed by atoms with van der Waals surface area (Å²) in [6.45, 7) is 5.26. The van der Waals surface area contributed by atoms with Gasteiger partial charge in [0.15, 0.2) is 0 Å². The maximum Gasteiger partial charge on any atom is 0.0951 e. The van der Waals surface area contributed by atoms with E-state index in [4.69, 9.17) is 4.74 Å². The second-order valence-electron chi connectivity index (χ2n) is 4.85. The lowest BCUT2D eigenvalue weighted by Gasteiger charge is -2.21. The molecule has 2 aliphatic heterocycles. The molecule has 4 nitrogen and oxygen atoms in total. The lowest BCUT2D eigenvalue weighted by atomic mass is 10.0. The largest absolute Gasteiger partial charge is 0.376 e. The van der Waals surface area contributed by atoms with Crippen molar-refractivity contribution in [1.29, 1.82) is 0 Å². The molecule has 3 atom stereocenters. The molecule has 1 N–H and O–H groups in total. The van der Waals surface area contributed by atoms with Crippen LogP contribution >= 0.6 is 0 Å². The Morgan fingerprint density at radius 1 is 1.50 bits per heavy atom. The Morgan fingerprint density at radius 2 is 2.44 bits per heavy atom. The van der Waals surface area contributed by atoms with Crippen LogP contribution in [0.4, 0.5) is 0 Å². The molecule has 1 aromatic heterocycles. The molecule has 3 heterocycles. The van der Waals surface area contributed by atoms with Crippen molar-refractivity contribution in [3.63, 3.8) is 0 Å². The van der Waals surface area contributed by atoms with E-state index >= 15 is 0 Å². The highest BCUT2D eigenvalue weighted by Gasteiger charge is 2.29. The molecule has 2 saturated heterocycles. The van der Waals surface area contributed by atoms with Crippen molar-refractivity contribution in [3.8, 4) is 0 Å². The Bertz CT molecular complexity index is 357. The Balaban J connectivity index is 1.86. The molecule has 3 rings (SSSR count). The van der Waals surface area contributed by atoms with E-state index in [1.807, 2.05) is 12.5 Å². The van der Waals surface area contributed by atoms with Crippen LogP contribution in [-0.2, 0) is 4.74 Å². The zero-order valence-corrected chi connectivity index (χ0v) is 9.72. The summed E-state index contributed by atoms with van der Waals surface area (Å²) in [5.41, 5.74) is 1.38. The number of nitrogens with zero attached hydrogens (tertiary/aromatic N) is 2. The summed E-state index contributed by atoms with van der Waals surface area (Å²) in [4.78, 5) is 4.33. The third-order valence-electron chi connectivity index (χ3n) is 3.87. The summed E-state index contributed by atoms with van der Waals surface area (Å²) in [6.07, 6.45) is 6.67. The molecule has 2 aliphatic rings. The Morgan fingerprint density at radius 3 is 3.12 bits per heavy atom. The fourth-order valence-corrected chi connectivity index (χ4v) is 2.90. The maximum absolute atomic E-state index is 5.64. The molecule has 0 aromatic carbocycles. The van der Waals surface area contributed by atoms with Crippen LogP contribution < -0.4 is 5.32 Å². The van der Waals surface area contributed by atoms with Crippen LogP contribution in [0.3, 0.4) is 0 Å². The number of aromatic nitrogens is 2. The van der Waals surface area contributed by atoms with Crippen LogP contribution in [0.1, 0.15) is 37.4 Å².